The lowest BCUT2D eigenvalue weighted by Gasteiger charge is -2.25. The van der Waals surface area contributed by atoms with Crippen LogP contribution in [-0.2, 0) is 0 Å². The summed E-state index contributed by atoms with van der Waals surface area (Å²) < 4.78 is 5.72. The fourth-order valence-corrected chi connectivity index (χ4v) is 2.06. The van der Waals surface area contributed by atoms with E-state index >= 15 is 0 Å². The second-order valence-corrected chi connectivity index (χ2v) is 6.17. The highest BCUT2D eigenvalue weighted by Gasteiger charge is 2.17. The molecule has 0 amide bonds. The first kappa shape index (κ1) is 13.2. The Morgan fingerprint density at radius 2 is 2.11 bits per heavy atom. The Balaban J connectivity index is 1.82. The van der Waals surface area contributed by atoms with Gasteiger partial charge in [-0.15, -0.1) is 0 Å². The number of aromatic nitrogens is 1. The van der Waals surface area contributed by atoms with Gasteiger partial charge in [-0.05, 0) is 39.2 Å². The Hall–Kier alpha value is -1.25. The van der Waals surface area contributed by atoms with Crippen molar-refractivity contribution in [3.8, 4) is 5.88 Å². The van der Waals surface area contributed by atoms with Gasteiger partial charge >= 0.3 is 0 Å². The molecule has 1 heterocycles. The second kappa shape index (κ2) is 5.59. The number of nitrogens with zero attached hydrogens (tertiary/aromatic N) is 1. The van der Waals surface area contributed by atoms with Crippen LogP contribution in [0, 0.1) is 5.92 Å². The molecule has 0 atom stereocenters. The highest BCUT2D eigenvalue weighted by Crippen LogP contribution is 2.29. The zero-order valence-corrected chi connectivity index (χ0v) is 11.7. The average molecular weight is 248 g/mol. The van der Waals surface area contributed by atoms with E-state index in [2.05, 4.69) is 31.1 Å². The average Bonchev–Trinajstić information content (AvgIpc) is 2.20. The maximum atomic E-state index is 5.72. The summed E-state index contributed by atoms with van der Waals surface area (Å²) in [6.07, 6.45) is 5.32. The Morgan fingerprint density at radius 1 is 1.33 bits per heavy atom. The van der Waals surface area contributed by atoms with Crippen molar-refractivity contribution in [1.29, 1.82) is 0 Å². The number of hydrogen-bond acceptors (Lipinski definition) is 3. The lowest BCUT2D eigenvalue weighted by molar-refractivity contribution is 0.217. The lowest BCUT2D eigenvalue weighted by atomic mass is 9.83. The fraction of sp³-hybridized carbons (Fsp3) is 0.667. The predicted octanol–water partition coefficient (Wildman–Crippen LogP) is 3.86. The summed E-state index contributed by atoms with van der Waals surface area (Å²) in [5.41, 5.74) is 0.0254. The summed E-state index contributed by atoms with van der Waals surface area (Å²) in [6.45, 7) is 7.16. The van der Waals surface area contributed by atoms with Crippen LogP contribution in [0.2, 0.25) is 0 Å². The summed E-state index contributed by atoms with van der Waals surface area (Å²) in [4.78, 5) is 4.47. The summed E-state index contributed by atoms with van der Waals surface area (Å²) in [7, 11) is 0. The quantitative estimate of drug-likeness (QED) is 0.859. The first-order valence-corrected chi connectivity index (χ1v) is 6.91. The van der Waals surface area contributed by atoms with Gasteiger partial charge in [-0.1, -0.05) is 25.3 Å². The molecular weight excluding hydrogens is 224 g/mol. The van der Waals surface area contributed by atoms with Crippen LogP contribution in [0.25, 0.3) is 0 Å². The van der Waals surface area contributed by atoms with Crippen LogP contribution in [0.4, 0.5) is 5.82 Å². The fourth-order valence-electron chi connectivity index (χ4n) is 2.06. The predicted molar refractivity (Wildman–Crippen MR) is 75.1 cm³/mol. The van der Waals surface area contributed by atoms with Gasteiger partial charge in [-0.3, -0.25) is 0 Å². The maximum absolute atomic E-state index is 5.72. The Morgan fingerprint density at radius 3 is 2.72 bits per heavy atom. The Bertz CT molecular complexity index is 380. The molecule has 100 valence electrons. The third-order valence-electron chi connectivity index (χ3n) is 3.23. The molecule has 1 saturated carbocycles. The summed E-state index contributed by atoms with van der Waals surface area (Å²) in [5, 5.41) is 3.35. The SMILES string of the molecule is CC(C)(C)Nc1cccc(OCCC2CCC2)n1. The molecule has 0 unspecified atom stereocenters. The molecule has 1 N–H and O–H groups in total. The summed E-state index contributed by atoms with van der Waals surface area (Å²) >= 11 is 0. The van der Waals surface area contributed by atoms with Gasteiger partial charge in [-0.25, -0.2) is 0 Å². The van der Waals surface area contributed by atoms with Gasteiger partial charge in [0.05, 0.1) is 6.61 Å². The molecule has 1 aliphatic carbocycles. The molecule has 18 heavy (non-hydrogen) atoms. The third kappa shape index (κ3) is 4.21. The van der Waals surface area contributed by atoms with Crippen LogP contribution in [0.5, 0.6) is 5.88 Å². The van der Waals surface area contributed by atoms with E-state index in [0.29, 0.717) is 0 Å². The highest BCUT2D eigenvalue weighted by atomic mass is 16.5. The van der Waals surface area contributed by atoms with Gasteiger partial charge in [0.15, 0.2) is 0 Å². The van der Waals surface area contributed by atoms with Crippen molar-refractivity contribution >= 4 is 5.82 Å². The second-order valence-electron chi connectivity index (χ2n) is 6.17. The minimum absolute atomic E-state index is 0.0254. The third-order valence-corrected chi connectivity index (χ3v) is 3.23. The van der Waals surface area contributed by atoms with E-state index in [1.54, 1.807) is 0 Å². The van der Waals surface area contributed by atoms with Gasteiger partial charge in [0.2, 0.25) is 5.88 Å². The van der Waals surface area contributed by atoms with Crippen molar-refractivity contribution in [3.63, 3.8) is 0 Å². The van der Waals surface area contributed by atoms with Crippen molar-refractivity contribution < 1.29 is 4.74 Å². The first-order valence-electron chi connectivity index (χ1n) is 6.91. The minimum atomic E-state index is 0.0254. The number of ether oxygens (including phenoxy) is 1. The van der Waals surface area contributed by atoms with E-state index < -0.39 is 0 Å². The Labute approximate surface area is 110 Å². The zero-order valence-electron chi connectivity index (χ0n) is 11.7. The van der Waals surface area contributed by atoms with Gasteiger partial charge in [-0.2, -0.15) is 4.98 Å². The van der Waals surface area contributed by atoms with Gasteiger partial charge in [0.25, 0.3) is 0 Å². The highest BCUT2D eigenvalue weighted by molar-refractivity contribution is 5.39. The van der Waals surface area contributed by atoms with Crippen molar-refractivity contribution in [2.75, 3.05) is 11.9 Å². The van der Waals surface area contributed by atoms with Gasteiger partial charge in [0.1, 0.15) is 5.82 Å². The molecule has 0 aliphatic heterocycles. The van der Waals surface area contributed by atoms with E-state index in [9.17, 15) is 0 Å². The summed E-state index contributed by atoms with van der Waals surface area (Å²) in [5.74, 6) is 2.49. The van der Waals surface area contributed by atoms with Crippen LogP contribution in [-0.4, -0.2) is 17.1 Å². The lowest BCUT2D eigenvalue weighted by Crippen LogP contribution is -2.26. The van der Waals surface area contributed by atoms with Crippen LogP contribution in [0.1, 0.15) is 46.5 Å². The number of nitrogens with one attached hydrogen (secondary N) is 1. The molecule has 1 aliphatic rings. The van der Waals surface area contributed by atoms with Crippen molar-refractivity contribution in [2.45, 2.75) is 52.0 Å². The zero-order chi connectivity index (χ0) is 13.0. The molecular formula is C15H24N2O. The Kier molecular flexibility index (Phi) is 4.10. The van der Waals surface area contributed by atoms with Crippen LogP contribution < -0.4 is 10.1 Å². The van der Waals surface area contributed by atoms with E-state index in [1.165, 1.54) is 25.7 Å². The van der Waals surface area contributed by atoms with Crippen LogP contribution >= 0.6 is 0 Å². The first-order chi connectivity index (χ1) is 8.53. The molecule has 1 aromatic rings. The number of anilines is 1. The van der Waals surface area contributed by atoms with Crippen LogP contribution in [0.3, 0.4) is 0 Å². The van der Waals surface area contributed by atoms with Crippen molar-refractivity contribution in [3.05, 3.63) is 18.2 Å². The van der Waals surface area contributed by atoms with E-state index in [-0.39, 0.29) is 5.54 Å². The normalized spacial score (nSPS) is 16.2. The van der Waals surface area contributed by atoms with E-state index in [0.717, 1.165) is 24.2 Å². The molecule has 0 aromatic carbocycles. The largest absolute Gasteiger partial charge is 0.478 e. The molecule has 0 radical (unpaired) electrons. The van der Waals surface area contributed by atoms with E-state index in [4.69, 9.17) is 4.74 Å². The molecule has 0 saturated heterocycles. The van der Waals surface area contributed by atoms with Gasteiger partial charge < -0.3 is 10.1 Å². The molecule has 3 nitrogen and oxygen atoms in total. The van der Waals surface area contributed by atoms with Crippen molar-refractivity contribution in [1.82, 2.24) is 4.98 Å². The van der Waals surface area contributed by atoms with Crippen LogP contribution in [0.15, 0.2) is 18.2 Å². The number of hydrogen-bond donors (Lipinski definition) is 1. The van der Waals surface area contributed by atoms with E-state index in [1.807, 2.05) is 18.2 Å². The van der Waals surface area contributed by atoms with Gasteiger partial charge in [0, 0.05) is 11.6 Å². The minimum Gasteiger partial charge on any atom is -0.478 e. The molecule has 1 aromatic heterocycles. The molecule has 3 heteroatoms. The molecule has 1 fully saturated rings. The molecule has 0 spiro atoms. The molecule has 0 bridgehead atoms. The number of rotatable bonds is 5. The number of pyridine rings is 1. The smallest absolute Gasteiger partial charge is 0.215 e. The van der Waals surface area contributed by atoms with Crippen molar-refractivity contribution in [2.24, 2.45) is 5.92 Å². The monoisotopic (exact) mass is 248 g/mol. The summed E-state index contributed by atoms with van der Waals surface area (Å²) in [6, 6.07) is 5.89. The standard InChI is InChI=1S/C15H24N2O/c1-15(2,3)17-13-8-5-9-14(16-13)18-11-10-12-6-4-7-12/h5,8-9,12H,4,6-7,10-11H2,1-3H3,(H,16,17). The maximum Gasteiger partial charge on any atom is 0.215 e. The molecule has 2 rings (SSSR count). The topological polar surface area (TPSA) is 34.1 Å².